The molecule has 4 heteroatoms. The first-order valence-corrected chi connectivity index (χ1v) is 7.03. The van der Waals surface area contributed by atoms with E-state index in [0.717, 1.165) is 19.4 Å². The molecule has 3 nitrogen and oxygen atoms in total. The number of ketones is 1. The van der Waals surface area contributed by atoms with Gasteiger partial charge in [0.2, 0.25) is 0 Å². The Hall–Kier alpha value is -0.900. The summed E-state index contributed by atoms with van der Waals surface area (Å²) in [7, 11) is 1.96. The maximum atomic E-state index is 12.3. The molecule has 19 heavy (non-hydrogen) atoms. The van der Waals surface area contributed by atoms with E-state index in [4.69, 9.17) is 11.6 Å². The summed E-state index contributed by atoms with van der Waals surface area (Å²) in [5.74, 6) is 0.597. The van der Waals surface area contributed by atoms with Gasteiger partial charge in [-0.3, -0.25) is 9.69 Å². The maximum absolute atomic E-state index is 12.3. The van der Waals surface area contributed by atoms with Crippen LogP contribution in [0.5, 0.6) is 0 Å². The van der Waals surface area contributed by atoms with Gasteiger partial charge in [0, 0.05) is 17.1 Å². The van der Waals surface area contributed by atoms with Crippen molar-refractivity contribution in [3.63, 3.8) is 0 Å². The molecule has 104 valence electrons. The van der Waals surface area contributed by atoms with E-state index < -0.39 is 0 Å². The van der Waals surface area contributed by atoms with E-state index >= 15 is 0 Å². The first-order valence-electron chi connectivity index (χ1n) is 6.65. The number of aliphatic hydroxyl groups is 1. The monoisotopic (exact) mass is 281 g/mol. The zero-order chi connectivity index (χ0) is 14.0. The topological polar surface area (TPSA) is 40.5 Å². The highest BCUT2D eigenvalue weighted by molar-refractivity contribution is 6.31. The van der Waals surface area contributed by atoms with Crippen LogP contribution in [0, 0.1) is 5.92 Å². The quantitative estimate of drug-likeness (QED) is 0.844. The number of Topliss-reactive ketones (excluding diaryl/α,β-unsaturated/α-hetero) is 1. The predicted molar refractivity (Wildman–Crippen MR) is 76.6 cm³/mol. The van der Waals surface area contributed by atoms with Gasteiger partial charge in [-0.2, -0.15) is 0 Å². The van der Waals surface area contributed by atoms with Gasteiger partial charge in [-0.25, -0.2) is 0 Å². The van der Waals surface area contributed by atoms with Crippen LogP contribution in [0.25, 0.3) is 0 Å². The van der Waals surface area contributed by atoms with Crippen LogP contribution in [0.1, 0.15) is 30.1 Å². The largest absolute Gasteiger partial charge is 0.393 e. The fraction of sp³-hybridized carbons (Fsp3) is 0.533. The van der Waals surface area contributed by atoms with Crippen LogP contribution in [-0.4, -0.2) is 41.5 Å². The Labute approximate surface area is 119 Å². The highest BCUT2D eigenvalue weighted by Gasteiger charge is 2.30. The smallest absolute Gasteiger partial charge is 0.179 e. The van der Waals surface area contributed by atoms with Gasteiger partial charge in [-0.15, -0.1) is 0 Å². The Morgan fingerprint density at radius 2 is 2.21 bits per heavy atom. The highest BCUT2D eigenvalue weighted by Crippen LogP contribution is 2.28. The summed E-state index contributed by atoms with van der Waals surface area (Å²) in [6.45, 7) is 2.77. The van der Waals surface area contributed by atoms with Gasteiger partial charge in [0.05, 0.1) is 12.1 Å². The third kappa shape index (κ3) is 3.56. The van der Waals surface area contributed by atoms with Crippen molar-refractivity contribution < 1.29 is 9.90 Å². The van der Waals surface area contributed by atoms with Crippen LogP contribution in [0.3, 0.4) is 0 Å². The molecule has 0 heterocycles. The number of rotatable bonds is 5. The summed E-state index contributed by atoms with van der Waals surface area (Å²) in [5.41, 5.74) is 0.653. The zero-order valence-electron chi connectivity index (χ0n) is 11.3. The fourth-order valence-corrected chi connectivity index (χ4v) is 2.69. The molecule has 1 N–H and O–H groups in total. The second kappa shape index (κ2) is 6.04. The second-order valence-corrected chi connectivity index (χ2v) is 5.92. The lowest BCUT2D eigenvalue weighted by atomic mass is 9.82. The van der Waals surface area contributed by atoms with E-state index in [-0.39, 0.29) is 17.9 Å². The minimum atomic E-state index is -0.170. The van der Waals surface area contributed by atoms with Gasteiger partial charge in [-0.05, 0) is 44.9 Å². The summed E-state index contributed by atoms with van der Waals surface area (Å²) in [6.07, 6.45) is 1.56. The summed E-state index contributed by atoms with van der Waals surface area (Å²) < 4.78 is 0. The average Bonchev–Trinajstić information content (AvgIpc) is 2.35. The Bertz CT molecular complexity index is 457. The standard InChI is InChI=1S/C15H20ClNO2/c1-10(17(2)9-11-6-14(18)7-11)15(19)12-4-3-5-13(16)8-12/h3-5,8,10-11,14,18H,6-7,9H2,1-2H3. The van der Waals surface area contributed by atoms with E-state index in [9.17, 15) is 9.90 Å². The molecule has 0 spiro atoms. The van der Waals surface area contributed by atoms with Gasteiger partial charge in [0.25, 0.3) is 0 Å². The molecule has 0 aromatic heterocycles. The maximum Gasteiger partial charge on any atom is 0.179 e. The van der Waals surface area contributed by atoms with Crippen molar-refractivity contribution in [3.05, 3.63) is 34.9 Å². The Morgan fingerprint density at radius 1 is 1.53 bits per heavy atom. The van der Waals surface area contributed by atoms with Crippen molar-refractivity contribution in [1.82, 2.24) is 4.90 Å². The molecule has 0 amide bonds. The molecule has 0 bridgehead atoms. The van der Waals surface area contributed by atoms with Crippen molar-refractivity contribution in [1.29, 1.82) is 0 Å². The van der Waals surface area contributed by atoms with Gasteiger partial charge >= 0.3 is 0 Å². The third-order valence-electron chi connectivity index (χ3n) is 3.91. The number of nitrogens with zero attached hydrogens (tertiary/aromatic N) is 1. The fourth-order valence-electron chi connectivity index (χ4n) is 2.50. The summed E-state index contributed by atoms with van der Waals surface area (Å²) in [4.78, 5) is 14.4. The first kappa shape index (κ1) is 14.5. The zero-order valence-corrected chi connectivity index (χ0v) is 12.1. The number of halogens is 1. The lowest BCUT2D eigenvalue weighted by Crippen LogP contribution is -2.43. The van der Waals surface area contributed by atoms with Crippen LogP contribution >= 0.6 is 11.6 Å². The molecule has 0 radical (unpaired) electrons. The molecule has 1 aromatic carbocycles. The number of carbonyl (C=O) groups is 1. The average molecular weight is 282 g/mol. The molecule has 1 fully saturated rings. The number of aliphatic hydroxyl groups excluding tert-OH is 1. The van der Waals surface area contributed by atoms with E-state index in [0.29, 0.717) is 16.5 Å². The van der Waals surface area contributed by atoms with Crippen molar-refractivity contribution >= 4 is 17.4 Å². The first-order chi connectivity index (χ1) is 8.97. The van der Waals surface area contributed by atoms with Crippen LogP contribution in [-0.2, 0) is 0 Å². The minimum Gasteiger partial charge on any atom is -0.393 e. The van der Waals surface area contributed by atoms with Crippen molar-refractivity contribution in [2.45, 2.75) is 31.9 Å². The van der Waals surface area contributed by atoms with E-state index in [2.05, 4.69) is 4.90 Å². The molecule has 0 aliphatic heterocycles. The minimum absolute atomic E-state index is 0.0878. The third-order valence-corrected chi connectivity index (χ3v) is 4.14. The van der Waals surface area contributed by atoms with Crippen LogP contribution in [0.15, 0.2) is 24.3 Å². The van der Waals surface area contributed by atoms with E-state index in [1.165, 1.54) is 0 Å². The van der Waals surface area contributed by atoms with Crippen LogP contribution in [0.2, 0.25) is 5.02 Å². The summed E-state index contributed by atoms with van der Waals surface area (Å²) in [6, 6.07) is 6.90. The van der Waals surface area contributed by atoms with Gasteiger partial charge in [0.1, 0.15) is 0 Å². The molecule has 1 saturated carbocycles. The van der Waals surface area contributed by atoms with Crippen molar-refractivity contribution in [2.24, 2.45) is 5.92 Å². The molecule has 1 unspecified atom stereocenters. The Kier molecular flexibility index (Phi) is 4.61. The second-order valence-electron chi connectivity index (χ2n) is 5.48. The Morgan fingerprint density at radius 3 is 2.79 bits per heavy atom. The molecule has 1 aliphatic carbocycles. The predicted octanol–water partition coefficient (Wildman–Crippen LogP) is 2.61. The molecular weight excluding hydrogens is 262 g/mol. The van der Waals surface area contributed by atoms with Gasteiger partial charge < -0.3 is 5.11 Å². The number of hydrogen-bond donors (Lipinski definition) is 1. The molecule has 0 saturated heterocycles. The molecule has 1 aliphatic rings. The van der Waals surface area contributed by atoms with Crippen molar-refractivity contribution in [3.8, 4) is 0 Å². The number of hydrogen-bond acceptors (Lipinski definition) is 3. The van der Waals surface area contributed by atoms with E-state index in [1.807, 2.05) is 14.0 Å². The van der Waals surface area contributed by atoms with Gasteiger partial charge in [-0.1, -0.05) is 23.7 Å². The molecule has 1 atom stereocenters. The number of likely N-dealkylation sites (N-methyl/N-ethyl adjacent to an activating group) is 1. The van der Waals surface area contributed by atoms with Crippen LogP contribution < -0.4 is 0 Å². The molecule has 1 aromatic rings. The van der Waals surface area contributed by atoms with Gasteiger partial charge in [0.15, 0.2) is 5.78 Å². The number of carbonyl (C=O) groups excluding carboxylic acids is 1. The highest BCUT2D eigenvalue weighted by atomic mass is 35.5. The lowest BCUT2D eigenvalue weighted by molar-refractivity contribution is 0.0234. The number of benzene rings is 1. The van der Waals surface area contributed by atoms with Crippen LogP contribution in [0.4, 0.5) is 0 Å². The van der Waals surface area contributed by atoms with Crippen molar-refractivity contribution in [2.75, 3.05) is 13.6 Å². The normalized spacial score (nSPS) is 24.1. The summed E-state index contributed by atoms with van der Waals surface area (Å²) >= 11 is 5.91. The SMILES string of the molecule is CC(C(=O)c1cccc(Cl)c1)N(C)CC1CC(O)C1. The lowest BCUT2D eigenvalue weighted by Gasteiger charge is -2.36. The molecule has 2 rings (SSSR count). The molecular formula is C15H20ClNO2. The van der Waals surface area contributed by atoms with E-state index in [1.54, 1.807) is 24.3 Å². The Balaban J connectivity index is 1.94. The summed E-state index contributed by atoms with van der Waals surface area (Å²) in [5, 5.41) is 9.87.